The van der Waals surface area contributed by atoms with Gasteiger partial charge in [-0.3, -0.25) is 0 Å². The molecule has 0 radical (unpaired) electrons. The summed E-state index contributed by atoms with van der Waals surface area (Å²) in [5.74, 6) is 0. The minimum Gasteiger partial charge on any atom is -0.200 e. The van der Waals surface area contributed by atoms with Crippen molar-refractivity contribution in [2.45, 2.75) is 110 Å². The van der Waals surface area contributed by atoms with Crippen LogP contribution in [0.1, 0.15) is 110 Å². The van der Waals surface area contributed by atoms with Crippen LogP contribution in [0.3, 0.4) is 0 Å². The first-order valence-corrected chi connectivity index (χ1v) is 10.2. The SMILES string of the molecule is CCCCCCCCCCCCCCc1cccc[n+]1C(C)C. The molecule has 1 nitrogen and oxygen atoms in total. The van der Waals surface area contributed by atoms with Gasteiger partial charge in [0.1, 0.15) is 0 Å². The molecule has 0 atom stereocenters. The van der Waals surface area contributed by atoms with E-state index in [1.54, 1.807) is 0 Å². The maximum atomic E-state index is 2.42. The van der Waals surface area contributed by atoms with Crippen molar-refractivity contribution in [1.82, 2.24) is 0 Å². The minimum atomic E-state index is 0.573. The first kappa shape index (κ1) is 20.2. The highest BCUT2D eigenvalue weighted by atomic mass is 15.0. The quantitative estimate of drug-likeness (QED) is 0.262. The molecule has 1 heterocycles. The lowest BCUT2D eigenvalue weighted by Gasteiger charge is -2.06. The molecule has 0 N–H and O–H groups in total. The Morgan fingerprint density at radius 3 is 1.78 bits per heavy atom. The Kier molecular flexibility index (Phi) is 11.9. The fourth-order valence-electron chi connectivity index (χ4n) is 3.35. The summed E-state index contributed by atoms with van der Waals surface area (Å²) >= 11 is 0. The number of aromatic nitrogens is 1. The maximum Gasteiger partial charge on any atom is 0.181 e. The zero-order valence-electron chi connectivity index (χ0n) is 16.0. The molecule has 1 rings (SSSR count). The molecule has 0 aliphatic carbocycles. The Balaban J connectivity index is 1.96. The predicted molar refractivity (Wildman–Crippen MR) is 102 cm³/mol. The van der Waals surface area contributed by atoms with E-state index < -0.39 is 0 Å². The van der Waals surface area contributed by atoms with Gasteiger partial charge in [-0.15, -0.1) is 0 Å². The number of rotatable bonds is 14. The summed E-state index contributed by atoms with van der Waals surface area (Å²) in [6, 6.07) is 7.18. The summed E-state index contributed by atoms with van der Waals surface area (Å²) in [5, 5.41) is 0. The second-order valence-electron chi connectivity index (χ2n) is 7.33. The van der Waals surface area contributed by atoms with E-state index in [9.17, 15) is 0 Å². The molecule has 0 aliphatic heterocycles. The molecule has 0 fully saturated rings. The van der Waals surface area contributed by atoms with Crippen molar-refractivity contribution in [2.24, 2.45) is 0 Å². The van der Waals surface area contributed by atoms with E-state index in [0.29, 0.717) is 6.04 Å². The minimum absolute atomic E-state index is 0.573. The van der Waals surface area contributed by atoms with Crippen molar-refractivity contribution in [3.8, 4) is 0 Å². The van der Waals surface area contributed by atoms with Gasteiger partial charge >= 0.3 is 0 Å². The molecule has 1 aromatic rings. The lowest BCUT2D eigenvalue weighted by molar-refractivity contribution is -0.723. The van der Waals surface area contributed by atoms with Crippen LogP contribution < -0.4 is 4.57 Å². The van der Waals surface area contributed by atoms with Crippen LogP contribution in [0.5, 0.6) is 0 Å². The zero-order valence-corrected chi connectivity index (χ0v) is 16.0. The summed E-state index contributed by atoms with van der Waals surface area (Å²) in [5.41, 5.74) is 1.49. The van der Waals surface area contributed by atoms with E-state index in [1.165, 1.54) is 89.2 Å². The van der Waals surface area contributed by atoms with Gasteiger partial charge in [0.2, 0.25) is 0 Å². The number of unbranched alkanes of at least 4 members (excludes halogenated alkanes) is 11. The van der Waals surface area contributed by atoms with Crippen LogP contribution in [-0.2, 0) is 6.42 Å². The summed E-state index contributed by atoms with van der Waals surface area (Å²) in [4.78, 5) is 0. The average molecular weight is 319 g/mol. The molecule has 0 bridgehead atoms. The standard InChI is InChI=1S/C22H40N/c1-4-5-6-7-8-9-10-11-12-13-14-15-18-22-19-16-17-20-23(22)21(2)3/h16-17,19-21H,4-15,18H2,1-3H3/q+1. The van der Waals surface area contributed by atoms with E-state index in [4.69, 9.17) is 0 Å². The smallest absolute Gasteiger partial charge is 0.181 e. The summed E-state index contributed by atoms with van der Waals surface area (Å²) in [6.07, 6.45) is 20.6. The van der Waals surface area contributed by atoms with Gasteiger partial charge in [0, 0.05) is 18.6 Å². The molecular formula is C22H40N+. The molecule has 0 saturated carbocycles. The van der Waals surface area contributed by atoms with Crippen molar-refractivity contribution in [1.29, 1.82) is 0 Å². The van der Waals surface area contributed by atoms with Gasteiger partial charge in [-0.05, 0) is 20.3 Å². The Morgan fingerprint density at radius 1 is 0.739 bits per heavy atom. The molecular weight excluding hydrogens is 278 g/mol. The van der Waals surface area contributed by atoms with Crippen molar-refractivity contribution in [2.75, 3.05) is 0 Å². The van der Waals surface area contributed by atoms with E-state index in [1.807, 2.05) is 0 Å². The van der Waals surface area contributed by atoms with Crippen LogP contribution in [0.2, 0.25) is 0 Å². The second kappa shape index (κ2) is 13.6. The Hall–Kier alpha value is -0.850. The molecule has 1 heteroatoms. The monoisotopic (exact) mass is 318 g/mol. The lowest BCUT2D eigenvalue weighted by Crippen LogP contribution is -2.40. The van der Waals surface area contributed by atoms with Crippen LogP contribution >= 0.6 is 0 Å². The fourth-order valence-corrected chi connectivity index (χ4v) is 3.35. The normalized spacial score (nSPS) is 11.3. The second-order valence-corrected chi connectivity index (χ2v) is 7.33. The Morgan fingerprint density at radius 2 is 1.26 bits per heavy atom. The summed E-state index contributed by atoms with van der Waals surface area (Å²) in [6.45, 7) is 6.83. The zero-order chi connectivity index (χ0) is 16.8. The number of hydrogen-bond acceptors (Lipinski definition) is 0. The van der Waals surface area contributed by atoms with Crippen LogP contribution in [0.25, 0.3) is 0 Å². The molecule has 0 aliphatic rings. The van der Waals surface area contributed by atoms with Gasteiger partial charge in [-0.1, -0.05) is 83.6 Å². The van der Waals surface area contributed by atoms with Crippen molar-refractivity contribution < 1.29 is 4.57 Å². The van der Waals surface area contributed by atoms with Gasteiger partial charge in [0.05, 0.1) is 0 Å². The number of hydrogen-bond donors (Lipinski definition) is 0. The number of aryl methyl sites for hydroxylation is 1. The topological polar surface area (TPSA) is 3.88 Å². The number of pyridine rings is 1. The van der Waals surface area contributed by atoms with E-state index in [2.05, 4.69) is 49.7 Å². The lowest BCUT2D eigenvalue weighted by atomic mass is 10.0. The van der Waals surface area contributed by atoms with Gasteiger partial charge in [0.15, 0.2) is 17.9 Å². The van der Waals surface area contributed by atoms with Gasteiger partial charge in [-0.2, -0.15) is 0 Å². The van der Waals surface area contributed by atoms with Gasteiger partial charge < -0.3 is 0 Å². The third-order valence-corrected chi connectivity index (χ3v) is 4.82. The summed E-state index contributed by atoms with van der Waals surface area (Å²) < 4.78 is 2.42. The highest BCUT2D eigenvalue weighted by Gasteiger charge is 2.12. The Labute approximate surface area is 145 Å². The predicted octanol–water partition coefficient (Wildman–Crippen LogP) is 6.80. The van der Waals surface area contributed by atoms with E-state index in [-0.39, 0.29) is 0 Å². The van der Waals surface area contributed by atoms with E-state index >= 15 is 0 Å². The Bertz CT molecular complexity index is 383. The van der Waals surface area contributed by atoms with Crippen molar-refractivity contribution >= 4 is 0 Å². The third kappa shape index (κ3) is 9.79. The van der Waals surface area contributed by atoms with Crippen LogP contribution in [0.15, 0.2) is 24.4 Å². The van der Waals surface area contributed by atoms with Crippen molar-refractivity contribution in [3.05, 3.63) is 30.1 Å². The highest BCUT2D eigenvalue weighted by Crippen LogP contribution is 2.13. The third-order valence-electron chi connectivity index (χ3n) is 4.82. The van der Waals surface area contributed by atoms with Crippen molar-refractivity contribution in [3.63, 3.8) is 0 Å². The van der Waals surface area contributed by atoms with E-state index in [0.717, 1.165) is 0 Å². The van der Waals surface area contributed by atoms with Crippen LogP contribution in [0.4, 0.5) is 0 Å². The highest BCUT2D eigenvalue weighted by molar-refractivity contribution is 4.97. The number of nitrogens with zero attached hydrogens (tertiary/aromatic N) is 1. The molecule has 1 aromatic heterocycles. The molecule has 23 heavy (non-hydrogen) atoms. The molecule has 132 valence electrons. The fraction of sp³-hybridized carbons (Fsp3) is 0.773. The molecule has 0 spiro atoms. The first-order chi connectivity index (χ1) is 11.3. The largest absolute Gasteiger partial charge is 0.200 e. The van der Waals surface area contributed by atoms with Crippen LogP contribution in [-0.4, -0.2) is 0 Å². The maximum absolute atomic E-state index is 2.42. The first-order valence-electron chi connectivity index (χ1n) is 10.2. The molecule has 0 unspecified atom stereocenters. The van der Waals surface area contributed by atoms with Gasteiger partial charge in [0.25, 0.3) is 0 Å². The average Bonchev–Trinajstić information content (AvgIpc) is 2.56. The van der Waals surface area contributed by atoms with Crippen LogP contribution in [0, 0.1) is 0 Å². The summed E-state index contributed by atoms with van der Waals surface area (Å²) in [7, 11) is 0. The molecule has 0 aromatic carbocycles. The molecule has 0 saturated heterocycles. The van der Waals surface area contributed by atoms with Gasteiger partial charge in [-0.25, -0.2) is 4.57 Å². The molecule has 0 amide bonds.